The fourth-order valence-electron chi connectivity index (χ4n) is 2.17. The molecule has 0 heterocycles. The summed E-state index contributed by atoms with van der Waals surface area (Å²) in [7, 11) is 0. The van der Waals surface area contributed by atoms with E-state index in [0.29, 0.717) is 17.2 Å². The Labute approximate surface area is 136 Å². The molecule has 2 aliphatic carbocycles. The summed E-state index contributed by atoms with van der Waals surface area (Å²) in [5, 5.41) is 13.0. The van der Waals surface area contributed by atoms with Crippen LogP contribution in [0, 0.1) is 0 Å². The Morgan fingerprint density at radius 2 is 1.68 bits per heavy atom. The number of anilines is 1. The van der Waals surface area contributed by atoms with Crippen molar-refractivity contribution in [2.45, 2.75) is 50.7 Å². The molecule has 5 nitrogen and oxygen atoms in total. The van der Waals surface area contributed by atoms with E-state index in [1.165, 1.54) is 12.8 Å². The van der Waals surface area contributed by atoms with Gasteiger partial charge in [-0.15, -0.1) is 0 Å². The lowest BCUT2D eigenvalue weighted by atomic mass is 10.1. The first-order valence-electron chi connectivity index (χ1n) is 7.84. The fraction of sp³-hybridized carbons (Fsp3) is 0.500. The van der Waals surface area contributed by atoms with Crippen molar-refractivity contribution in [3.05, 3.63) is 29.8 Å². The molecule has 2 saturated carbocycles. The van der Waals surface area contributed by atoms with E-state index in [1.54, 1.807) is 0 Å². The molecule has 0 radical (unpaired) electrons. The molecule has 0 aliphatic heterocycles. The first-order valence-corrected chi connectivity index (χ1v) is 8.25. The molecule has 1 atom stereocenters. The number of benzene rings is 1. The number of amides is 2. The second kappa shape index (κ2) is 6.52. The number of thiocarbonyl (C=S) groups is 1. The van der Waals surface area contributed by atoms with Gasteiger partial charge in [0.15, 0.2) is 5.11 Å². The summed E-state index contributed by atoms with van der Waals surface area (Å²) >= 11 is 5.29. The van der Waals surface area contributed by atoms with Gasteiger partial charge in [0.2, 0.25) is 0 Å². The molecule has 6 heteroatoms. The zero-order chi connectivity index (χ0) is 15.5. The van der Waals surface area contributed by atoms with Gasteiger partial charge in [-0.2, -0.15) is 0 Å². The molecule has 0 saturated heterocycles. The number of hydrogen-bond acceptors (Lipinski definition) is 2. The fourth-order valence-corrected chi connectivity index (χ4v) is 2.51. The van der Waals surface area contributed by atoms with Crippen molar-refractivity contribution in [3.63, 3.8) is 0 Å². The van der Waals surface area contributed by atoms with Gasteiger partial charge in [-0.1, -0.05) is 12.1 Å². The predicted octanol–water partition coefficient (Wildman–Crippen LogP) is 2.66. The van der Waals surface area contributed by atoms with Crippen LogP contribution < -0.4 is 21.3 Å². The van der Waals surface area contributed by atoms with Crippen LogP contribution in [-0.4, -0.2) is 23.2 Å². The number of nitrogens with one attached hydrogen (secondary N) is 4. The summed E-state index contributed by atoms with van der Waals surface area (Å²) in [6.07, 6.45) is 4.59. The average Bonchev–Trinajstić information content (AvgIpc) is 3.36. The zero-order valence-corrected chi connectivity index (χ0v) is 13.5. The first-order chi connectivity index (χ1) is 10.6. The molecule has 118 valence electrons. The van der Waals surface area contributed by atoms with E-state index >= 15 is 0 Å². The van der Waals surface area contributed by atoms with E-state index in [4.69, 9.17) is 12.2 Å². The Kier molecular flexibility index (Phi) is 4.47. The van der Waals surface area contributed by atoms with Crippen LogP contribution in [-0.2, 0) is 0 Å². The van der Waals surface area contributed by atoms with Crippen molar-refractivity contribution in [1.82, 2.24) is 16.0 Å². The maximum absolute atomic E-state index is 11.7. The Bertz CT molecular complexity index is 552. The molecule has 2 fully saturated rings. The predicted molar refractivity (Wildman–Crippen MR) is 91.9 cm³/mol. The summed E-state index contributed by atoms with van der Waals surface area (Å²) in [6, 6.07) is 8.76. The Balaban J connectivity index is 1.48. The summed E-state index contributed by atoms with van der Waals surface area (Å²) in [4.78, 5) is 11.7. The molecule has 3 rings (SSSR count). The van der Waals surface area contributed by atoms with Gasteiger partial charge in [0.25, 0.3) is 0 Å². The SMILES string of the molecule is C[C@H](NC(=S)NC1CC1)c1ccc(NC(=O)NC2CC2)cc1. The van der Waals surface area contributed by atoms with Crippen molar-refractivity contribution in [1.29, 1.82) is 0 Å². The van der Waals surface area contributed by atoms with Crippen molar-refractivity contribution < 1.29 is 4.79 Å². The van der Waals surface area contributed by atoms with Crippen molar-refractivity contribution >= 4 is 29.0 Å². The molecule has 0 unspecified atom stereocenters. The van der Waals surface area contributed by atoms with E-state index in [9.17, 15) is 4.79 Å². The van der Waals surface area contributed by atoms with E-state index in [1.807, 2.05) is 24.3 Å². The number of carbonyl (C=O) groups excluding carboxylic acids is 1. The molecule has 0 aromatic heterocycles. The van der Waals surface area contributed by atoms with Gasteiger partial charge in [0, 0.05) is 17.8 Å². The van der Waals surface area contributed by atoms with E-state index in [0.717, 1.165) is 24.1 Å². The minimum atomic E-state index is -0.128. The lowest BCUT2D eigenvalue weighted by molar-refractivity contribution is 0.251. The third-order valence-electron chi connectivity index (χ3n) is 3.84. The minimum absolute atomic E-state index is 0.128. The van der Waals surface area contributed by atoms with Gasteiger partial charge in [0.05, 0.1) is 6.04 Å². The van der Waals surface area contributed by atoms with Gasteiger partial charge in [-0.05, 0) is 62.5 Å². The van der Waals surface area contributed by atoms with Crippen LogP contribution in [0.15, 0.2) is 24.3 Å². The van der Waals surface area contributed by atoms with Crippen LogP contribution >= 0.6 is 12.2 Å². The second-order valence-corrected chi connectivity index (χ2v) is 6.52. The van der Waals surface area contributed by atoms with Gasteiger partial charge >= 0.3 is 6.03 Å². The minimum Gasteiger partial charge on any atom is -0.360 e. The van der Waals surface area contributed by atoms with Crippen LogP contribution in [0.2, 0.25) is 0 Å². The summed E-state index contributed by atoms with van der Waals surface area (Å²) < 4.78 is 0. The smallest absolute Gasteiger partial charge is 0.319 e. The molecule has 1 aromatic rings. The average molecular weight is 318 g/mol. The van der Waals surface area contributed by atoms with Crippen molar-refractivity contribution in [2.75, 3.05) is 5.32 Å². The lowest BCUT2D eigenvalue weighted by Gasteiger charge is -2.17. The van der Waals surface area contributed by atoms with Crippen molar-refractivity contribution in [3.8, 4) is 0 Å². The Morgan fingerprint density at radius 1 is 1.09 bits per heavy atom. The zero-order valence-electron chi connectivity index (χ0n) is 12.7. The number of carbonyl (C=O) groups is 1. The molecule has 1 aromatic carbocycles. The van der Waals surface area contributed by atoms with Gasteiger partial charge < -0.3 is 21.3 Å². The van der Waals surface area contributed by atoms with E-state index in [2.05, 4.69) is 28.2 Å². The normalized spacial score (nSPS) is 18.2. The monoisotopic (exact) mass is 318 g/mol. The Morgan fingerprint density at radius 3 is 2.27 bits per heavy atom. The van der Waals surface area contributed by atoms with Crippen LogP contribution in [0.25, 0.3) is 0 Å². The highest BCUT2D eigenvalue weighted by molar-refractivity contribution is 7.80. The quantitative estimate of drug-likeness (QED) is 0.630. The van der Waals surface area contributed by atoms with Crippen LogP contribution in [0.4, 0.5) is 10.5 Å². The Hall–Kier alpha value is -1.82. The topological polar surface area (TPSA) is 65.2 Å². The third kappa shape index (κ3) is 4.59. The first kappa shape index (κ1) is 15.1. The van der Waals surface area contributed by atoms with Gasteiger partial charge in [-0.3, -0.25) is 0 Å². The van der Waals surface area contributed by atoms with Gasteiger partial charge in [0.1, 0.15) is 0 Å². The molecule has 4 N–H and O–H groups in total. The van der Waals surface area contributed by atoms with Crippen LogP contribution in [0.3, 0.4) is 0 Å². The number of rotatable bonds is 5. The highest BCUT2D eigenvalue weighted by atomic mass is 32.1. The molecular formula is C16H22N4OS. The second-order valence-electron chi connectivity index (χ2n) is 6.11. The molecular weight excluding hydrogens is 296 g/mol. The highest BCUT2D eigenvalue weighted by Crippen LogP contribution is 2.20. The third-order valence-corrected chi connectivity index (χ3v) is 4.08. The molecule has 2 aliphatic rings. The highest BCUT2D eigenvalue weighted by Gasteiger charge is 2.23. The van der Waals surface area contributed by atoms with Crippen molar-refractivity contribution in [2.24, 2.45) is 0 Å². The van der Waals surface area contributed by atoms with Gasteiger partial charge in [-0.25, -0.2) is 4.79 Å². The van der Waals surface area contributed by atoms with E-state index < -0.39 is 0 Å². The molecule has 22 heavy (non-hydrogen) atoms. The van der Waals surface area contributed by atoms with Crippen LogP contribution in [0.5, 0.6) is 0 Å². The lowest BCUT2D eigenvalue weighted by Crippen LogP contribution is -2.37. The summed E-state index contributed by atoms with van der Waals surface area (Å²) in [6.45, 7) is 2.07. The largest absolute Gasteiger partial charge is 0.360 e. The number of hydrogen-bond donors (Lipinski definition) is 4. The standard InChI is InChI=1S/C16H22N4OS/c1-10(17-16(22)20-14-8-9-14)11-2-4-12(5-3-11)18-15(21)19-13-6-7-13/h2-5,10,13-14H,6-9H2,1H3,(H2,17,20,22)(H2,18,19,21)/t10-/m0/s1. The molecule has 2 amide bonds. The maximum atomic E-state index is 11.7. The molecule has 0 spiro atoms. The van der Waals surface area contributed by atoms with E-state index in [-0.39, 0.29) is 12.1 Å². The number of urea groups is 1. The summed E-state index contributed by atoms with van der Waals surface area (Å²) in [5.41, 5.74) is 1.93. The van der Waals surface area contributed by atoms with Crippen LogP contribution in [0.1, 0.15) is 44.2 Å². The summed E-state index contributed by atoms with van der Waals surface area (Å²) in [5.74, 6) is 0. The maximum Gasteiger partial charge on any atom is 0.319 e. The molecule has 0 bridgehead atoms.